The molecule has 31 heavy (non-hydrogen) atoms. The van der Waals surface area contributed by atoms with Gasteiger partial charge in [-0.3, -0.25) is 14.6 Å². The Morgan fingerprint density at radius 2 is 1.90 bits per heavy atom. The maximum atomic E-state index is 13.3. The first-order chi connectivity index (χ1) is 15.1. The second-order valence-corrected chi connectivity index (χ2v) is 8.40. The zero-order valence-electron chi connectivity index (χ0n) is 17.5. The lowest BCUT2D eigenvalue weighted by Crippen LogP contribution is -2.49. The Hall–Kier alpha value is -3.00. The molecule has 0 bridgehead atoms. The molecule has 2 aliphatic rings. The summed E-state index contributed by atoms with van der Waals surface area (Å²) >= 11 is 1.54. The molecule has 1 saturated heterocycles. The fourth-order valence-electron chi connectivity index (χ4n) is 4.09. The van der Waals surface area contributed by atoms with Gasteiger partial charge in [0.15, 0.2) is 5.17 Å². The summed E-state index contributed by atoms with van der Waals surface area (Å²) in [6.07, 6.45) is 0.743. The monoisotopic (exact) mass is 439 g/mol. The number of rotatable bonds is 5. The van der Waals surface area contributed by atoms with Crippen LogP contribution in [0.3, 0.4) is 0 Å². The number of amidine groups is 1. The minimum Gasteiger partial charge on any atom is -0.497 e. The molecule has 8 heteroatoms. The van der Waals surface area contributed by atoms with E-state index in [9.17, 15) is 9.59 Å². The first-order valence-electron chi connectivity index (χ1n) is 10.2. The van der Waals surface area contributed by atoms with Gasteiger partial charge in [-0.25, -0.2) is 0 Å². The Morgan fingerprint density at radius 3 is 2.58 bits per heavy atom. The molecule has 7 nitrogen and oxygen atoms in total. The number of para-hydroxylation sites is 1. The number of ether oxygens (including phenoxy) is 2. The van der Waals surface area contributed by atoms with Crippen LogP contribution in [0.5, 0.6) is 11.5 Å². The van der Waals surface area contributed by atoms with Gasteiger partial charge in [-0.2, -0.15) is 0 Å². The summed E-state index contributed by atoms with van der Waals surface area (Å²) < 4.78 is 10.9. The summed E-state index contributed by atoms with van der Waals surface area (Å²) in [5.41, 5.74) is 1.52. The number of carbonyl (C=O) groups is 2. The average molecular weight is 440 g/mol. The number of amides is 2. The van der Waals surface area contributed by atoms with E-state index in [1.54, 1.807) is 30.9 Å². The number of carbonyl (C=O) groups excluding carboxylic acids is 2. The predicted octanol–water partition coefficient (Wildman–Crippen LogP) is 3.41. The van der Waals surface area contributed by atoms with Crippen LogP contribution in [0.25, 0.3) is 0 Å². The van der Waals surface area contributed by atoms with Crippen molar-refractivity contribution in [2.24, 2.45) is 10.9 Å². The predicted molar refractivity (Wildman–Crippen MR) is 122 cm³/mol. The Bertz CT molecular complexity index is 993. The van der Waals surface area contributed by atoms with E-state index in [4.69, 9.17) is 9.47 Å². The van der Waals surface area contributed by atoms with Crippen LogP contribution in [-0.2, 0) is 9.59 Å². The van der Waals surface area contributed by atoms with Gasteiger partial charge >= 0.3 is 0 Å². The van der Waals surface area contributed by atoms with Gasteiger partial charge in [-0.1, -0.05) is 30.0 Å². The Balaban J connectivity index is 1.76. The first kappa shape index (κ1) is 21.2. The quantitative estimate of drug-likeness (QED) is 0.772. The van der Waals surface area contributed by atoms with Crippen LogP contribution in [0.2, 0.25) is 0 Å². The van der Waals surface area contributed by atoms with E-state index in [1.165, 1.54) is 0 Å². The number of nitrogens with one attached hydrogen (secondary N) is 1. The SMILES string of the molecule is COc1ccc(N2C(=O)CC[C@@H](C(=O)NC3=NCCS3)[C@H]2c2ccccc2OC)cc1. The van der Waals surface area contributed by atoms with Crippen molar-refractivity contribution >= 4 is 34.4 Å². The lowest BCUT2D eigenvalue weighted by atomic mass is 9.82. The zero-order chi connectivity index (χ0) is 21.8. The summed E-state index contributed by atoms with van der Waals surface area (Å²) in [4.78, 5) is 32.5. The third-order valence-electron chi connectivity index (χ3n) is 5.56. The third-order valence-corrected chi connectivity index (χ3v) is 6.45. The van der Waals surface area contributed by atoms with Gasteiger partial charge < -0.3 is 19.7 Å². The molecule has 4 rings (SSSR count). The highest BCUT2D eigenvalue weighted by molar-refractivity contribution is 8.14. The van der Waals surface area contributed by atoms with Crippen molar-refractivity contribution in [3.63, 3.8) is 0 Å². The Labute approximate surface area is 185 Å². The van der Waals surface area contributed by atoms with Crippen LogP contribution in [0.1, 0.15) is 24.4 Å². The summed E-state index contributed by atoms with van der Waals surface area (Å²) in [5, 5.41) is 3.62. The van der Waals surface area contributed by atoms with Crippen LogP contribution in [-0.4, -0.2) is 43.5 Å². The summed E-state index contributed by atoms with van der Waals surface area (Å²) in [6, 6.07) is 14.4. The molecule has 2 amide bonds. The van der Waals surface area contributed by atoms with E-state index in [2.05, 4.69) is 10.3 Å². The molecule has 0 spiro atoms. The molecule has 2 aromatic rings. The number of hydrogen-bond donors (Lipinski definition) is 1. The Morgan fingerprint density at radius 1 is 1.13 bits per heavy atom. The highest BCUT2D eigenvalue weighted by atomic mass is 32.2. The van der Waals surface area contributed by atoms with Gasteiger partial charge in [0.1, 0.15) is 11.5 Å². The maximum Gasteiger partial charge on any atom is 0.231 e. The molecule has 2 aromatic carbocycles. The fourth-order valence-corrected chi connectivity index (χ4v) is 4.82. The van der Waals surface area contributed by atoms with E-state index in [-0.39, 0.29) is 18.2 Å². The van der Waals surface area contributed by atoms with Crippen LogP contribution in [0.4, 0.5) is 5.69 Å². The molecular weight excluding hydrogens is 414 g/mol. The molecule has 162 valence electrons. The molecule has 2 atom stereocenters. The van der Waals surface area contributed by atoms with Gasteiger partial charge in [-0.15, -0.1) is 0 Å². The lowest BCUT2D eigenvalue weighted by molar-refractivity contribution is -0.128. The van der Waals surface area contributed by atoms with E-state index in [1.807, 2.05) is 48.5 Å². The number of thioether (sulfide) groups is 1. The van der Waals surface area contributed by atoms with Gasteiger partial charge in [0, 0.05) is 23.4 Å². The van der Waals surface area contributed by atoms with Crippen LogP contribution < -0.4 is 19.7 Å². The third kappa shape index (κ3) is 4.39. The number of piperidine rings is 1. The molecule has 0 unspecified atom stereocenters. The smallest absolute Gasteiger partial charge is 0.231 e. The second kappa shape index (κ2) is 9.43. The van der Waals surface area contributed by atoms with Crippen molar-refractivity contribution in [1.29, 1.82) is 0 Å². The van der Waals surface area contributed by atoms with Crippen molar-refractivity contribution in [2.75, 3.05) is 31.4 Å². The molecule has 2 aliphatic heterocycles. The highest BCUT2D eigenvalue weighted by Gasteiger charge is 2.43. The number of hydrogen-bond acceptors (Lipinski definition) is 6. The summed E-state index contributed by atoms with van der Waals surface area (Å²) in [7, 11) is 3.20. The Kier molecular flexibility index (Phi) is 6.46. The van der Waals surface area contributed by atoms with E-state index < -0.39 is 12.0 Å². The van der Waals surface area contributed by atoms with Crippen molar-refractivity contribution < 1.29 is 19.1 Å². The summed E-state index contributed by atoms with van der Waals surface area (Å²) in [6.45, 7) is 0.706. The van der Waals surface area contributed by atoms with E-state index in [0.29, 0.717) is 35.3 Å². The van der Waals surface area contributed by atoms with Crippen molar-refractivity contribution in [3.05, 3.63) is 54.1 Å². The molecule has 2 heterocycles. The second-order valence-electron chi connectivity index (χ2n) is 7.32. The minimum absolute atomic E-state index is 0.0299. The number of benzene rings is 2. The van der Waals surface area contributed by atoms with Crippen LogP contribution in [0, 0.1) is 5.92 Å². The standard InChI is InChI=1S/C23H25N3O4S/c1-29-16-9-7-15(8-10-16)26-20(27)12-11-18(22(28)25-23-24-13-14-31-23)21(26)17-5-3-4-6-19(17)30-2/h3-10,18,21H,11-14H2,1-2H3,(H,24,25,28)/t18-,21-/m1/s1. The average Bonchev–Trinajstić information content (AvgIpc) is 3.32. The van der Waals surface area contributed by atoms with Gasteiger partial charge in [0.2, 0.25) is 11.8 Å². The minimum atomic E-state index is -0.502. The van der Waals surface area contributed by atoms with Crippen molar-refractivity contribution in [2.45, 2.75) is 18.9 Å². The van der Waals surface area contributed by atoms with E-state index in [0.717, 1.165) is 11.3 Å². The molecule has 1 fully saturated rings. The first-order valence-corrected chi connectivity index (χ1v) is 11.2. The number of aliphatic imine (C=N–C) groups is 1. The molecule has 0 radical (unpaired) electrons. The molecule has 0 aromatic heterocycles. The summed E-state index contributed by atoms with van der Waals surface area (Å²) in [5.74, 6) is 1.61. The normalized spacial score (nSPS) is 20.9. The number of anilines is 1. The molecule has 0 aliphatic carbocycles. The fraction of sp³-hybridized carbons (Fsp3) is 0.348. The maximum absolute atomic E-state index is 13.3. The number of methoxy groups -OCH3 is 2. The van der Waals surface area contributed by atoms with Crippen LogP contribution >= 0.6 is 11.8 Å². The molecule has 0 saturated carbocycles. The topological polar surface area (TPSA) is 80.2 Å². The van der Waals surface area contributed by atoms with Crippen molar-refractivity contribution in [3.8, 4) is 11.5 Å². The largest absolute Gasteiger partial charge is 0.497 e. The number of nitrogens with zero attached hydrogens (tertiary/aromatic N) is 2. The lowest BCUT2D eigenvalue weighted by Gasteiger charge is -2.41. The van der Waals surface area contributed by atoms with E-state index >= 15 is 0 Å². The molecule has 1 N–H and O–H groups in total. The highest BCUT2D eigenvalue weighted by Crippen LogP contribution is 2.43. The van der Waals surface area contributed by atoms with Gasteiger partial charge in [0.05, 0.1) is 32.7 Å². The van der Waals surface area contributed by atoms with Gasteiger partial charge in [-0.05, 0) is 36.8 Å². The van der Waals surface area contributed by atoms with Gasteiger partial charge in [0.25, 0.3) is 0 Å². The van der Waals surface area contributed by atoms with Crippen molar-refractivity contribution in [1.82, 2.24) is 5.32 Å². The van der Waals surface area contributed by atoms with Crippen LogP contribution in [0.15, 0.2) is 53.5 Å². The zero-order valence-corrected chi connectivity index (χ0v) is 18.4. The molecular formula is C23H25N3O4S.